The molecular weight excluding hydrogens is 286 g/mol. The van der Waals surface area contributed by atoms with Crippen molar-refractivity contribution in [1.82, 2.24) is 15.0 Å². The fraction of sp³-hybridized carbons (Fsp3) is 0.500. The van der Waals surface area contributed by atoms with Gasteiger partial charge in [0.15, 0.2) is 5.82 Å². The number of hydrogen-bond acceptors (Lipinski definition) is 5. The normalized spacial score (nSPS) is 24.0. The van der Waals surface area contributed by atoms with Crippen molar-refractivity contribution in [3.8, 4) is 0 Å². The monoisotopic (exact) mass is 313 g/mol. The summed E-state index contributed by atoms with van der Waals surface area (Å²) >= 11 is 0. The smallest absolute Gasteiger partial charge is 0.225 e. The number of aromatic nitrogens is 3. The third-order valence-corrected chi connectivity index (χ3v) is 4.23. The molecule has 1 heterocycles. The van der Waals surface area contributed by atoms with Gasteiger partial charge in [-0.15, -0.1) is 0 Å². The van der Waals surface area contributed by atoms with E-state index >= 15 is 0 Å². The highest BCUT2D eigenvalue weighted by molar-refractivity contribution is 5.74. The van der Waals surface area contributed by atoms with Gasteiger partial charge in [0.2, 0.25) is 11.9 Å². The van der Waals surface area contributed by atoms with Gasteiger partial charge in [0.05, 0.1) is 0 Å². The van der Waals surface area contributed by atoms with Crippen molar-refractivity contribution in [1.29, 1.82) is 0 Å². The average molecular weight is 313 g/mol. The number of allylic oxidation sites excluding steroid dienone is 6. The molecule has 0 amide bonds. The van der Waals surface area contributed by atoms with Crippen molar-refractivity contribution in [2.24, 2.45) is 11.8 Å². The van der Waals surface area contributed by atoms with E-state index in [1.807, 2.05) is 0 Å². The Morgan fingerprint density at radius 1 is 0.870 bits per heavy atom. The summed E-state index contributed by atoms with van der Waals surface area (Å²) in [5.41, 5.74) is 16.6. The minimum atomic E-state index is 0.154. The maximum absolute atomic E-state index is 5.75. The molecule has 4 N–H and O–H groups in total. The van der Waals surface area contributed by atoms with E-state index in [1.165, 1.54) is 16.7 Å². The molecule has 2 rings (SSSR count). The van der Waals surface area contributed by atoms with Crippen LogP contribution in [0, 0.1) is 11.8 Å². The largest absolute Gasteiger partial charge is 0.368 e. The minimum Gasteiger partial charge on any atom is -0.368 e. The number of nitrogen functional groups attached to an aromatic ring is 2. The number of nitrogens with two attached hydrogens (primary N) is 2. The zero-order valence-electron chi connectivity index (χ0n) is 14.7. The summed E-state index contributed by atoms with van der Waals surface area (Å²) in [5.74, 6) is 1.77. The Bertz CT molecular complexity index is 660. The van der Waals surface area contributed by atoms with E-state index in [0.717, 1.165) is 18.4 Å². The fourth-order valence-electron chi connectivity index (χ4n) is 2.86. The second-order valence-corrected chi connectivity index (χ2v) is 6.74. The molecular formula is C18H27N5. The molecule has 0 atom stereocenters. The molecule has 5 nitrogen and oxygen atoms in total. The van der Waals surface area contributed by atoms with Crippen molar-refractivity contribution in [2.45, 2.75) is 47.5 Å². The van der Waals surface area contributed by atoms with Gasteiger partial charge in [0.25, 0.3) is 0 Å². The van der Waals surface area contributed by atoms with Crippen LogP contribution in [0.5, 0.6) is 0 Å². The summed E-state index contributed by atoms with van der Waals surface area (Å²) in [4.78, 5) is 12.4. The second-order valence-electron chi connectivity index (χ2n) is 6.74. The Morgan fingerprint density at radius 3 is 2.00 bits per heavy atom. The quantitative estimate of drug-likeness (QED) is 0.886. The third-order valence-electron chi connectivity index (χ3n) is 4.23. The number of anilines is 2. The van der Waals surface area contributed by atoms with Crippen LogP contribution in [0.15, 0.2) is 28.9 Å². The van der Waals surface area contributed by atoms with Crippen LogP contribution in [0.2, 0.25) is 0 Å². The van der Waals surface area contributed by atoms with Crippen LogP contribution >= 0.6 is 0 Å². The van der Waals surface area contributed by atoms with Crippen LogP contribution in [0.1, 0.15) is 53.3 Å². The number of rotatable bonds is 3. The van der Waals surface area contributed by atoms with Gasteiger partial charge >= 0.3 is 0 Å². The predicted molar refractivity (Wildman–Crippen MR) is 96.3 cm³/mol. The minimum absolute atomic E-state index is 0.154. The Hall–Kier alpha value is -2.17. The molecule has 0 aromatic carbocycles. The maximum atomic E-state index is 5.75. The molecule has 1 aliphatic carbocycles. The first kappa shape index (κ1) is 17.2. The summed E-state index contributed by atoms with van der Waals surface area (Å²) < 4.78 is 0. The molecule has 0 bridgehead atoms. The molecule has 1 aliphatic rings. The highest BCUT2D eigenvalue weighted by Crippen LogP contribution is 2.31. The molecule has 124 valence electrons. The molecule has 1 aromatic heterocycles. The van der Waals surface area contributed by atoms with Crippen molar-refractivity contribution < 1.29 is 0 Å². The van der Waals surface area contributed by atoms with Gasteiger partial charge in [0, 0.05) is 5.57 Å². The standard InChI is InChI=1S/C18H27N5/c1-10(2)13-7-6-12(5)15(11(3)4)9-14(8-13)16-21-17(19)23-18(20)22-16/h8-11H,6-7H2,1-5H3,(H4,19,20,21,22,23)/b13-8+,14-9+,15-12-. The van der Waals surface area contributed by atoms with E-state index < -0.39 is 0 Å². The molecule has 0 saturated heterocycles. The van der Waals surface area contributed by atoms with E-state index in [0.29, 0.717) is 17.7 Å². The topological polar surface area (TPSA) is 90.7 Å². The van der Waals surface area contributed by atoms with Crippen molar-refractivity contribution in [3.63, 3.8) is 0 Å². The van der Waals surface area contributed by atoms with Crippen LogP contribution in [-0.2, 0) is 0 Å². The number of hydrogen-bond donors (Lipinski definition) is 2. The van der Waals surface area contributed by atoms with Crippen LogP contribution < -0.4 is 11.5 Å². The van der Waals surface area contributed by atoms with Gasteiger partial charge in [-0.2, -0.15) is 15.0 Å². The summed E-state index contributed by atoms with van der Waals surface area (Å²) in [5, 5.41) is 0. The lowest BCUT2D eigenvalue weighted by Crippen LogP contribution is -2.08. The summed E-state index contributed by atoms with van der Waals surface area (Å²) in [6.07, 6.45) is 6.50. The summed E-state index contributed by atoms with van der Waals surface area (Å²) in [7, 11) is 0. The second kappa shape index (κ2) is 6.94. The molecule has 23 heavy (non-hydrogen) atoms. The maximum Gasteiger partial charge on any atom is 0.225 e. The SMILES string of the molecule is C\C1=C(C(C)C)/C=C(c2nc(N)nc(N)n2)\C=C(\C(C)C)CC1. The van der Waals surface area contributed by atoms with Crippen LogP contribution in [-0.4, -0.2) is 15.0 Å². The van der Waals surface area contributed by atoms with Gasteiger partial charge < -0.3 is 11.5 Å². The zero-order valence-corrected chi connectivity index (χ0v) is 14.7. The first-order chi connectivity index (χ1) is 10.8. The molecule has 0 spiro atoms. The Balaban J connectivity index is 2.64. The third kappa shape index (κ3) is 4.18. The lowest BCUT2D eigenvalue weighted by atomic mass is 9.86. The summed E-state index contributed by atoms with van der Waals surface area (Å²) in [6, 6.07) is 0. The molecule has 0 aliphatic heterocycles. The van der Waals surface area contributed by atoms with E-state index in [2.05, 4.69) is 61.7 Å². The highest BCUT2D eigenvalue weighted by atomic mass is 15.1. The predicted octanol–water partition coefficient (Wildman–Crippen LogP) is 3.77. The average Bonchev–Trinajstić information content (AvgIpc) is 2.41. The van der Waals surface area contributed by atoms with Crippen molar-refractivity contribution in [2.75, 3.05) is 11.5 Å². The summed E-state index contributed by atoms with van der Waals surface area (Å²) in [6.45, 7) is 11.0. The molecule has 0 unspecified atom stereocenters. The van der Waals surface area contributed by atoms with E-state index in [9.17, 15) is 0 Å². The molecule has 1 aromatic rings. The fourth-order valence-corrected chi connectivity index (χ4v) is 2.86. The lowest BCUT2D eigenvalue weighted by Gasteiger charge is -2.20. The van der Waals surface area contributed by atoms with Crippen LogP contribution in [0.3, 0.4) is 0 Å². The van der Waals surface area contributed by atoms with E-state index in [4.69, 9.17) is 11.5 Å². The van der Waals surface area contributed by atoms with Crippen LogP contribution in [0.25, 0.3) is 5.57 Å². The Kier molecular flexibility index (Phi) is 5.19. The van der Waals surface area contributed by atoms with Crippen LogP contribution in [0.4, 0.5) is 11.9 Å². The Morgan fingerprint density at radius 2 is 1.48 bits per heavy atom. The van der Waals surface area contributed by atoms with Crippen molar-refractivity contribution in [3.05, 3.63) is 34.7 Å². The number of nitrogens with zero attached hydrogens (tertiary/aromatic N) is 3. The molecule has 0 fully saturated rings. The Labute approximate surface area is 138 Å². The molecule has 0 radical (unpaired) electrons. The molecule has 0 saturated carbocycles. The molecule has 5 heteroatoms. The lowest BCUT2D eigenvalue weighted by molar-refractivity contribution is 0.695. The first-order valence-corrected chi connectivity index (χ1v) is 8.17. The first-order valence-electron chi connectivity index (χ1n) is 8.17. The van der Waals surface area contributed by atoms with Gasteiger partial charge in [-0.3, -0.25) is 0 Å². The zero-order chi connectivity index (χ0) is 17.1. The van der Waals surface area contributed by atoms with Gasteiger partial charge in [-0.1, -0.05) is 44.9 Å². The van der Waals surface area contributed by atoms with E-state index in [1.54, 1.807) is 0 Å². The van der Waals surface area contributed by atoms with Gasteiger partial charge in [0.1, 0.15) is 0 Å². The van der Waals surface area contributed by atoms with Gasteiger partial charge in [-0.05, 0) is 43.3 Å². The van der Waals surface area contributed by atoms with E-state index in [-0.39, 0.29) is 11.9 Å². The van der Waals surface area contributed by atoms with Crippen molar-refractivity contribution >= 4 is 17.5 Å². The highest BCUT2D eigenvalue weighted by Gasteiger charge is 2.16. The van der Waals surface area contributed by atoms with Gasteiger partial charge in [-0.25, -0.2) is 0 Å².